The van der Waals surface area contributed by atoms with Crippen LogP contribution in [0.15, 0.2) is 66.7 Å². The van der Waals surface area contributed by atoms with E-state index in [-0.39, 0.29) is 18.0 Å². The van der Waals surface area contributed by atoms with E-state index in [1.165, 1.54) is 11.1 Å². The van der Waals surface area contributed by atoms with Crippen LogP contribution in [-0.2, 0) is 17.8 Å². The van der Waals surface area contributed by atoms with E-state index in [1.807, 2.05) is 35.2 Å². The molecule has 2 atom stereocenters. The second-order valence-electron chi connectivity index (χ2n) is 8.97. The van der Waals surface area contributed by atoms with Gasteiger partial charge in [0.05, 0.1) is 19.7 Å². The number of benzene rings is 3. The van der Waals surface area contributed by atoms with Gasteiger partial charge in [-0.1, -0.05) is 30.3 Å². The van der Waals surface area contributed by atoms with E-state index in [0.29, 0.717) is 29.4 Å². The molecule has 2 aliphatic rings. The molecule has 5 rings (SSSR count). The lowest BCUT2D eigenvalue weighted by molar-refractivity contribution is -0.140. The minimum absolute atomic E-state index is 0.0115. The van der Waals surface area contributed by atoms with Crippen molar-refractivity contribution in [3.8, 4) is 11.5 Å². The average Bonchev–Trinajstić information content (AvgIpc) is 2.99. The number of aryl methyl sites for hydroxylation is 1. The molecule has 7 nitrogen and oxygen atoms in total. The lowest BCUT2D eigenvalue weighted by Crippen LogP contribution is -2.41. The molecule has 0 fully saturated rings. The highest BCUT2D eigenvalue weighted by Gasteiger charge is 2.35. The highest BCUT2D eigenvalue weighted by molar-refractivity contribution is 6.00. The molecule has 3 amide bonds. The highest BCUT2D eigenvalue weighted by atomic mass is 16.5. The number of nitrogens with zero attached hydrogens (tertiary/aromatic N) is 1. The van der Waals surface area contributed by atoms with Gasteiger partial charge in [0.2, 0.25) is 0 Å². The summed E-state index contributed by atoms with van der Waals surface area (Å²) in [5, 5.41) is 5.70. The van der Waals surface area contributed by atoms with Gasteiger partial charge in [-0.15, -0.1) is 0 Å². The summed E-state index contributed by atoms with van der Waals surface area (Å²) in [4.78, 5) is 27.9. The SMILES string of the molecule is COc1cccc(NC(=O)Nc2ccc3c(c2)CN(C2CCCc4ccccc42)C(=O)C(C)O3)c1. The summed E-state index contributed by atoms with van der Waals surface area (Å²) >= 11 is 0. The van der Waals surface area contributed by atoms with E-state index in [4.69, 9.17) is 9.47 Å². The van der Waals surface area contributed by atoms with E-state index < -0.39 is 6.10 Å². The number of amides is 3. The van der Waals surface area contributed by atoms with Crippen molar-refractivity contribution in [3.63, 3.8) is 0 Å². The molecule has 0 saturated heterocycles. The molecule has 7 heteroatoms. The predicted molar refractivity (Wildman–Crippen MR) is 135 cm³/mol. The number of hydrogen-bond donors (Lipinski definition) is 2. The Labute approximate surface area is 205 Å². The van der Waals surface area contributed by atoms with Crippen LogP contribution in [0.5, 0.6) is 11.5 Å². The Kier molecular flexibility index (Phi) is 6.31. The third-order valence-corrected chi connectivity index (χ3v) is 6.64. The van der Waals surface area contributed by atoms with Crippen molar-refractivity contribution >= 4 is 23.3 Å². The van der Waals surface area contributed by atoms with Crippen molar-refractivity contribution in [1.82, 2.24) is 4.90 Å². The van der Waals surface area contributed by atoms with Gasteiger partial charge in [-0.05, 0) is 67.6 Å². The maximum atomic E-state index is 13.4. The summed E-state index contributed by atoms with van der Waals surface area (Å²) < 4.78 is 11.2. The Balaban J connectivity index is 1.37. The number of carbonyl (C=O) groups is 2. The second-order valence-corrected chi connectivity index (χ2v) is 8.97. The fourth-order valence-corrected chi connectivity index (χ4v) is 4.94. The van der Waals surface area contributed by atoms with Crippen LogP contribution in [0.4, 0.5) is 16.2 Å². The zero-order chi connectivity index (χ0) is 24.4. The van der Waals surface area contributed by atoms with Crippen molar-refractivity contribution in [2.24, 2.45) is 0 Å². The zero-order valence-electron chi connectivity index (χ0n) is 19.9. The van der Waals surface area contributed by atoms with Crippen LogP contribution in [-0.4, -0.2) is 30.1 Å². The molecule has 0 aromatic heterocycles. The van der Waals surface area contributed by atoms with Gasteiger partial charge in [-0.3, -0.25) is 4.79 Å². The van der Waals surface area contributed by atoms with Gasteiger partial charge in [0.15, 0.2) is 6.10 Å². The molecule has 0 bridgehead atoms. The first-order chi connectivity index (χ1) is 17.0. The normalized spacial score (nSPS) is 19.0. The lowest BCUT2D eigenvalue weighted by Gasteiger charge is -2.35. The largest absolute Gasteiger partial charge is 0.497 e. The van der Waals surface area contributed by atoms with Crippen molar-refractivity contribution in [2.45, 2.75) is 44.9 Å². The number of urea groups is 1. The minimum atomic E-state index is -0.583. The highest BCUT2D eigenvalue weighted by Crippen LogP contribution is 2.38. The number of hydrogen-bond acceptors (Lipinski definition) is 4. The van der Waals surface area contributed by atoms with Gasteiger partial charge in [0.1, 0.15) is 11.5 Å². The van der Waals surface area contributed by atoms with Gasteiger partial charge in [-0.25, -0.2) is 4.79 Å². The third-order valence-electron chi connectivity index (χ3n) is 6.64. The van der Waals surface area contributed by atoms with Crippen molar-refractivity contribution in [2.75, 3.05) is 17.7 Å². The van der Waals surface area contributed by atoms with Gasteiger partial charge in [0.25, 0.3) is 5.91 Å². The Morgan fingerprint density at radius 2 is 1.80 bits per heavy atom. The fraction of sp³-hybridized carbons (Fsp3) is 0.286. The number of methoxy groups -OCH3 is 1. The Bertz CT molecular complexity index is 1260. The summed E-state index contributed by atoms with van der Waals surface area (Å²) in [6.45, 7) is 2.22. The van der Waals surface area contributed by atoms with Crippen LogP contribution in [0.2, 0.25) is 0 Å². The summed E-state index contributed by atoms with van der Waals surface area (Å²) in [7, 11) is 1.58. The topological polar surface area (TPSA) is 79.9 Å². The van der Waals surface area contributed by atoms with Gasteiger partial charge < -0.3 is 25.0 Å². The summed E-state index contributed by atoms with van der Waals surface area (Å²) in [6.07, 6.45) is 2.42. The number of carbonyl (C=O) groups excluding carboxylic acids is 2. The number of fused-ring (bicyclic) bond motifs is 2. The van der Waals surface area contributed by atoms with Crippen LogP contribution in [0, 0.1) is 0 Å². The minimum Gasteiger partial charge on any atom is -0.497 e. The van der Waals surface area contributed by atoms with Crippen LogP contribution in [0.3, 0.4) is 0 Å². The third kappa shape index (κ3) is 4.80. The second kappa shape index (κ2) is 9.70. The Morgan fingerprint density at radius 1 is 1.00 bits per heavy atom. The van der Waals surface area contributed by atoms with Gasteiger partial charge >= 0.3 is 6.03 Å². The van der Waals surface area contributed by atoms with Crippen molar-refractivity contribution < 1.29 is 19.1 Å². The van der Waals surface area contributed by atoms with E-state index >= 15 is 0 Å². The molecule has 2 unspecified atom stereocenters. The van der Waals surface area contributed by atoms with Crippen LogP contribution in [0.1, 0.15) is 42.5 Å². The smallest absolute Gasteiger partial charge is 0.323 e. The molecular formula is C28H29N3O4. The standard InChI is InChI=1S/C28H29N3O4/c1-18-27(32)31(25-12-5-8-19-7-3-4-11-24(19)25)17-20-15-22(13-14-26(20)35-18)30-28(33)29-21-9-6-10-23(16-21)34-2/h3-4,6-7,9-11,13-16,18,25H,5,8,12,17H2,1-2H3,(H2,29,30,33). The summed E-state index contributed by atoms with van der Waals surface area (Å²) in [5.41, 5.74) is 4.64. The first-order valence-corrected chi connectivity index (χ1v) is 11.9. The first-order valence-electron chi connectivity index (χ1n) is 11.9. The maximum Gasteiger partial charge on any atom is 0.323 e. The van der Waals surface area contributed by atoms with Crippen LogP contribution >= 0.6 is 0 Å². The number of rotatable bonds is 4. The Hall–Kier alpha value is -4.00. The Morgan fingerprint density at radius 3 is 2.63 bits per heavy atom. The monoisotopic (exact) mass is 471 g/mol. The quantitative estimate of drug-likeness (QED) is 0.525. The molecule has 0 radical (unpaired) electrons. The van der Waals surface area contributed by atoms with E-state index in [2.05, 4.69) is 28.8 Å². The number of anilines is 2. The van der Waals surface area contributed by atoms with E-state index in [9.17, 15) is 9.59 Å². The average molecular weight is 472 g/mol. The lowest BCUT2D eigenvalue weighted by atomic mass is 9.86. The van der Waals surface area contributed by atoms with Crippen molar-refractivity contribution in [1.29, 1.82) is 0 Å². The first kappa shape index (κ1) is 22.8. The molecule has 1 aliphatic carbocycles. The summed E-state index contributed by atoms with van der Waals surface area (Å²) in [6, 6.07) is 20.7. The molecule has 1 heterocycles. The summed E-state index contributed by atoms with van der Waals surface area (Å²) in [5.74, 6) is 1.30. The van der Waals surface area contributed by atoms with Crippen LogP contribution in [0.25, 0.3) is 0 Å². The maximum absolute atomic E-state index is 13.4. The van der Waals surface area contributed by atoms with Gasteiger partial charge in [0, 0.05) is 23.0 Å². The van der Waals surface area contributed by atoms with Crippen LogP contribution < -0.4 is 20.1 Å². The molecule has 180 valence electrons. The molecule has 3 aromatic carbocycles. The van der Waals surface area contributed by atoms with Crippen molar-refractivity contribution in [3.05, 3.63) is 83.4 Å². The van der Waals surface area contributed by atoms with E-state index in [0.717, 1.165) is 24.8 Å². The fourth-order valence-electron chi connectivity index (χ4n) is 4.94. The molecule has 3 aromatic rings. The molecule has 0 saturated carbocycles. The molecule has 1 aliphatic heterocycles. The molecule has 35 heavy (non-hydrogen) atoms. The zero-order valence-corrected chi connectivity index (χ0v) is 19.9. The molecule has 2 N–H and O–H groups in total. The molecular weight excluding hydrogens is 442 g/mol. The predicted octanol–water partition coefficient (Wildman–Crippen LogP) is 5.53. The number of ether oxygens (including phenoxy) is 2. The number of nitrogens with one attached hydrogen (secondary N) is 2. The van der Waals surface area contributed by atoms with Gasteiger partial charge in [-0.2, -0.15) is 0 Å². The van der Waals surface area contributed by atoms with E-state index in [1.54, 1.807) is 32.2 Å². The molecule has 0 spiro atoms.